The Kier molecular flexibility index (Phi) is 2.86. The average Bonchev–Trinajstić information content (AvgIpc) is 2.20. The zero-order valence-electron chi connectivity index (χ0n) is 8.22. The van der Waals surface area contributed by atoms with Crippen LogP contribution in [0.15, 0.2) is 0 Å². The SMILES string of the molecule is NC[C@H]1CCC2(CCNCC2)CO1. The molecule has 0 saturated carbocycles. The fourth-order valence-corrected chi connectivity index (χ4v) is 2.45. The van der Waals surface area contributed by atoms with Crippen molar-refractivity contribution in [2.45, 2.75) is 31.8 Å². The highest BCUT2D eigenvalue weighted by Gasteiger charge is 2.36. The Labute approximate surface area is 80.0 Å². The third kappa shape index (κ3) is 2.03. The smallest absolute Gasteiger partial charge is 0.0697 e. The molecule has 2 rings (SSSR count). The third-order valence-corrected chi connectivity index (χ3v) is 3.55. The molecule has 0 amide bonds. The Morgan fingerprint density at radius 2 is 2.08 bits per heavy atom. The van der Waals surface area contributed by atoms with Gasteiger partial charge < -0.3 is 15.8 Å². The van der Waals surface area contributed by atoms with Gasteiger partial charge in [0.15, 0.2) is 0 Å². The predicted molar refractivity (Wildman–Crippen MR) is 52.6 cm³/mol. The fraction of sp³-hybridized carbons (Fsp3) is 1.00. The van der Waals surface area contributed by atoms with Gasteiger partial charge in [0, 0.05) is 6.54 Å². The molecule has 0 aromatic heterocycles. The van der Waals surface area contributed by atoms with Crippen LogP contribution in [0, 0.1) is 5.41 Å². The molecule has 0 aromatic carbocycles. The zero-order valence-corrected chi connectivity index (χ0v) is 8.22. The zero-order chi connectivity index (χ0) is 9.15. The molecule has 0 aliphatic carbocycles. The van der Waals surface area contributed by atoms with Crippen LogP contribution in [-0.2, 0) is 4.74 Å². The molecule has 2 aliphatic rings. The quantitative estimate of drug-likeness (QED) is 0.623. The van der Waals surface area contributed by atoms with Crippen LogP contribution in [0.2, 0.25) is 0 Å². The summed E-state index contributed by atoms with van der Waals surface area (Å²) >= 11 is 0. The van der Waals surface area contributed by atoms with Crippen molar-refractivity contribution in [1.82, 2.24) is 5.32 Å². The van der Waals surface area contributed by atoms with E-state index >= 15 is 0 Å². The van der Waals surface area contributed by atoms with Gasteiger partial charge in [0.1, 0.15) is 0 Å². The van der Waals surface area contributed by atoms with E-state index in [1.165, 1.54) is 19.3 Å². The molecule has 2 saturated heterocycles. The van der Waals surface area contributed by atoms with E-state index in [0.29, 0.717) is 18.1 Å². The number of ether oxygens (including phenoxy) is 1. The van der Waals surface area contributed by atoms with Gasteiger partial charge in [0.2, 0.25) is 0 Å². The molecule has 0 bridgehead atoms. The first-order chi connectivity index (χ1) is 6.35. The number of nitrogens with two attached hydrogens (primary N) is 1. The maximum atomic E-state index is 5.77. The molecule has 1 spiro atoms. The van der Waals surface area contributed by atoms with Gasteiger partial charge in [-0.25, -0.2) is 0 Å². The van der Waals surface area contributed by atoms with E-state index in [1.807, 2.05) is 0 Å². The van der Waals surface area contributed by atoms with Gasteiger partial charge in [0.25, 0.3) is 0 Å². The van der Waals surface area contributed by atoms with Crippen LogP contribution in [0.1, 0.15) is 25.7 Å². The standard InChI is InChI=1S/C10H20N2O/c11-7-9-1-2-10(8-13-9)3-5-12-6-4-10/h9,12H,1-8,11H2/t9-/m1/s1. The van der Waals surface area contributed by atoms with Crippen molar-refractivity contribution in [3.63, 3.8) is 0 Å². The first kappa shape index (κ1) is 9.44. The van der Waals surface area contributed by atoms with Crippen molar-refractivity contribution in [3.8, 4) is 0 Å². The maximum Gasteiger partial charge on any atom is 0.0697 e. The molecule has 2 aliphatic heterocycles. The molecule has 2 fully saturated rings. The van der Waals surface area contributed by atoms with E-state index in [2.05, 4.69) is 5.32 Å². The second kappa shape index (κ2) is 3.95. The van der Waals surface area contributed by atoms with E-state index in [4.69, 9.17) is 10.5 Å². The Morgan fingerprint density at radius 1 is 1.31 bits per heavy atom. The lowest BCUT2D eigenvalue weighted by molar-refractivity contribution is -0.0700. The highest BCUT2D eigenvalue weighted by Crippen LogP contribution is 2.38. The number of hydrogen-bond donors (Lipinski definition) is 2. The van der Waals surface area contributed by atoms with Crippen LogP contribution < -0.4 is 11.1 Å². The van der Waals surface area contributed by atoms with E-state index in [-0.39, 0.29) is 0 Å². The van der Waals surface area contributed by atoms with Gasteiger partial charge in [-0.05, 0) is 44.2 Å². The molecular formula is C10H20N2O. The largest absolute Gasteiger partial charge is 0.376 e. The number of piperidine rings is 1. The topological polar surface area (TPSA) is 47.3 Å². The van der Waals surface area contributed by atoms with Gasteiger partial charge in [-0.3, -0.25) is 0 Å². The first-order valence-corrected chi connectivity index (χ1v) is 5.37. The summed E-state index contributed by atoms with van der Waals surface area (Å²) in [5.41, 5.74) is 6.08. The Morgan fingerprint density at radius 3 is 2.62 bits per heavy atom. The summed E-state index contributed by atoms with van der Waals surface area (Å²) in [6.45, 7) is 3.96. The first-order valence-electron chi connectivity index (χ1n) is 5.37. The van der Waals surface area contributed by atoms with Crippen LogP contribution >= 0.6 is 0 Å². The summed E-state index contributed by atoms with van der Waals surface area (Å²) in [6, 6.07) is 0. The minimum atomic E-state index is 0.334. The highest BCUT2D eigenvalue weighted by atomic mass is 16.5. The molecule has 3 nitrogen and oxygen atoms in total. The van der Waals surface area contributed by atoms with E-state index in [1.54, 1.807) is 0 Å². The van der Waals surface area contributed by atoms with E-state index in [9.17, 15) is 0 Å². The van der Waals surface area contributed by atoms with Crippen LogP contribution in [0.25, 0.3) is 0 Å². The van der Waals surface area contributed by atoms with Crippen molar-refractivity contribution in [1.29, 1.82) is 0 Å². The molecule has 2 heterocycles. The molecule has 13 heavy (non-hydrogen) atoms. The van der Waals surface area contributed by atoms with Gasteiger partial charge in [0.05, 0.1) is 12.7 Å². The molecular weight excluding hydrogens is 164 g/mol. The molecule has 1 atom stereocenters. The molecule has 3 heteroatoms. The van der Waals surface area contributed by atoms with Crippen molar-refractivity contribution in [3.05, 3.63) is 0 Å². The summed E-state index contributed by atoms with van der Waals surface area (Å²) in [7, 11) is 0. The van der Waals surface area contributed by atoms with Gasteiger partial charge in [-0.15, -0.1) is 0 Å². The normalized spacial score (nSPS) is 33.5. The van der Waals surface area contributed by atoms with Crippen molar-refractivity contribution < 1.29 is 4.74 Å². The molecule has 76 valence electrons. The van der Waals surface area contributed by atoms with Crippen LogP contribution in [-0.4, -0.2) is 32.3 Å². The molecule has 0 radical (unpaired) electrons. The second-order valence-electron chi connectivity index (χ2n) is 4.46. The lowest BCUT2D eigenvalue weighted by atomic mass is 9.74. The monoisotopic (exact) mass is 184 g/mol. The van der Waals surface area contributed by atoms with E-state index in [0.717, 1.165) is 26.1 Å². The second-order valence-corrected chi connectivity index (χ2v) is 4.46. The van der Waals surface area contributed by atoms with Gasteiger partial charge in [-0.1, -0.05) is 0 Å². The summed E-state index contributed by atoms with van der Waals surface area (Å²) in [5, 5.41) is 3.40. The summed E-state index contributed by atoms with van der Waals surface area (Å²) in [5.74, 6) is 0. The van der Waals surface area contributed by atoms with Crippen molar-refractivity contribution >= 4 is 0 Å². The molecule has 0 aromatic rings. The lowest BCUT2D eigenvalue weighted by Crippen LogP contribution is -2.45. The minimum Gasteiger partial charge on any atom is -0.376 e. The molecule has 0 unspecified atom stereocenters. The Balaban J connectivity index is 1.87. The molecule has 3 N–H and O–H groups in total. The van der Waals surface area contributed by atoms with Crippen molar-refractivity contribution in [2.75, 3.05) is 26.2 Å². The van der Waals surface area contributed by atoms with E-state index < -0.39 is 0 Å². The van der Waals surface area contributed by atoms with Crippen molar-refractivity contribution in [2.24, 2.45) is 11.1 Å². The lowest BCUT2D eigenvalue weighted by Gasteiger charge is -2.42. The number of hydrogen-bond acceptors (Lipinski definition) is 3. The summed E-state index contributed by atoms with van der Waals surface area (Å²) in [6.07, 6.45) is 5.38. The summed E-state index contributed by atoms with van der Waals surface area (Å²) < 4.78 is 5.77. The van der Waals surface area contributed by atoms with Crippen LogP contribution in [0.5, 0.6) is 0 Å². The maximum absolute atomic E-state index is 5.77. The summed E-state index contributed by atoms with van der Waals surface area (Å²) in [4.78, 5) is 0. The average molecular weight is 184 g/mol. The van der Waals surface area contributed by atoms with Crippen LogP contribution in [0.4, 0.5) is 0 Å². The Hall–Kier alpha value is -0.120. The highest BCUT2D eigenvalue weighted by molar-refractivity contribution is 4.88. The number of nitrogens with one attached hydrogen (secondary N) is 1. The number of rotatable bonds is 1. The van der Waals surface area contributed by atoms with Crippen LogP contribution in [0.3, 0.4) is 0 Å². The predicted octanol–water partition coefficient (Wildman–Crippen LogP) is 0.494. The van der Waals surface area contributed by atoms with Gasteiger partial charge >= 0.3 is 0 Å². The Bertz CT molecular complexity index is 156. The minimum absolute atomic E-state index is 0.334. The third-order valence-electron chi connectivity index (χ3n) is 3.55. The fourth-order valence-electron chi connectivity index (χ4n) is 2.45. The van der Waals surface area contributed by atoms with Gasteiger partial charge in [-0.2, -0.15) is 0 Å².